The van der Waals surface area contributed by atoms with Crippen molar-refractivity contribution in [2.45, 2.75) is 60.0 Å². The van der Waals surface area contributed by atoms with Gasteiger partial charge in [0.15, 0.2) is 0 Å². The average molecular weight is 399 g/mol. The van der Waals surface area contributed by atoms with Crippen LogP contribution in [0, 0.1) is 17.3 Å². The van der Waals surface area contributed by atoms with Crippen molar-refractivity contribution in [3.05, 3.63) is 40.2 Å². The van der Waals surface area contributed by atoms with Gasteiger partial charge in [-0.1, -0.05) is 20.8 Å². The number of esters is 1. The van der Waals surface area contributed by atoms with Crippen molar-refractivity contribution in [2.24, 2.45) is 17.3 Å². The van der Waals surface area contributed by atoms with Crippen LogP contribution in [0.25, 0.3) is 11.0 Å². The Morgan fingerprint density at radius 2 is 1.83 bits per heavy atom. The molecule has 156 valence electrons. The molecule has 3 rings (SSSR count). The highest BCUT2D eigenvalue weighted by Gasteiger charge is 2.33. The van der Waals surface area contributed by atoms with Crippen molar-refractivity contribution in [3.63, 3.8) is 0 Å². The number of rotatable bonds is 4. The van der Waals surface area contributed by atoms with Crippen LogP contribution < -0.4 is 10.9 Å². The van der Waals surface area contributed by atoms with E-state index in [4.69, 9.17) is 9.15 Å². The summed E-state index contributed by atoms with van der Waals surface area (Å²) in [5, 5.41) is 3.34. The summed E-state index contributed by atoms with van der Waals surface area (Å²) in [5.74, 6) is 0.144. The molecule has 1 heterocycles. The molecule has 1 fully saturated rings. The van der Waals surface area contributed by atoms with Crippen LogP contribution in [0.15, 0.2) is 33.5 Å². The highest BCUT2D eigenvalue weighted by Crippen LogP contribution is 2.40. The Kier molecular flexibility index (Phi) is 6.10. The Balaban J connectivity index is 1.68. The van der Waals surface area contributed by atoms with Gasteiger partial charge in [-0.2, -0.15) is 0 Å². The standard InChI is InChI=1S/C23H29NO5/c1-14(25)24-18-9-10-19-16(11-21(26)29-20(19)12-18)13-28-22(27)15-5-7-17(8-6-15)23(2,3)4/h9-12,15,17H,5-8,13H2,1-4H3,(H,24,25). The number of nitrogens with one attached hydrogen (secondary N) is 1. The second-order valence-corrected chi connectivity index (χ2v) is 9.01. The lowest BCUT2D eigenvalue weighted by atomic mass is 9.70. The quantitative estimate of drug-likeness (QED) is 0.598. The highest BCUT2D eigenvalue weighted by atomic mass is 16.5. The number of fused-ring (bicyclic) bond motifs is 1. The number of hydrogen-bond acceptors (Lipinski definition) is 5. The lowest BCUT2D eigenvalue weighted by Crippen LogP contribution is -2.29. The third-order valence-electron chi connectivity index (χ3n) is 5.81. The van der Waals surface area contributed by atoms with Crippen LogP contribution in [0.2, 0.25) is 0 Å². The minimum atomic E-state index is -0.519. The molecular weight excluding hydrogens is 370 g/mol. The first kappa shape index (κ1) is 21.1. The lowest BCUT2D eigenvalue weighted by molar-refractivity contribution is -0.151. The molecule has 0 aliphatic heterocycles. The normalized spacial score (nSPS) is 19.7. The van der Waals surface area contributed by atoms with Crippen LogP contribution in [0.3, 0.4) is 0 Å². The zero-order valence-corrected chi connectivity index (χ0v) is 17.5. The molecule has 0 saturated heterocycles. The molecule has 1 saturated carbocycles. The molecule has 1 amide bonds. The third-order valence-corrected chi connectivity index (χ3v) is 5.81. The number of anilines is 1. The second kappa shape index (κ2) is 8.39. The maximum absolute atomic E-state index is 12.6. The maximum Gasteiger partial charge on any atom is 0.336 e. The zero-order valence-electron chi connectivity index (χ0n) is 17.5. The number of benzene rings is 1. The Labute approximate surface area is 170 Å². The van der Waals surface area contributed by atoms with E-state index in [1.54, 1.807) is 18.2 Å². The minimum Gasteiger partial charge on any atom is -0.461 e. The summed E-state index contributed by atoms with van der Waals surface area (Å²) in [5.41, 5.74) is 1.23. The summed E-state index contributed by atoms with van der Waals surface area (Å²) in [6, 6.07) is 6.42. The molecule has 1 N–H and O–H groups in total. The van der Waals surface area contributed by atoms with Gasteiger partial charge in [0.1, 0.15) is 12.2 Å². The fourth-order valence-electron chi connectivity index (χ4n) is 4.09. The minimum absolute atomic E-state index is 0.0274. The van der Waals surface area contributed by atoms with Crippen LogP contribution in [-0.4, -0.2) is 11.9 Å². The second-order valence-electron chi connectivity index (χ2n) is 9.01. The SMILES string of the molecule is CC(=O)Nc1ccc2c(COC(=O)C3CCC(C(C)(C)C)CC3)cc(=O)oc2c1. The van der Waals surface area contributed by atoms with Crippen LogP contribution in [0.1, 0.15) is 58.9 Å². The van der Waals surface area contributed by atoms with Crippen molar-refractivity contribution < 1.29 is 18.7 Å². The van der Waals surface area contributed by atoms with E-state index in [9.17, 15) is 14.4 Å². The van der Waals surface area contributed by atoms with E-state index in [0.29, 0.717) is 28.1 Å². The fraction of sp³-hybridized carbons (Fsp3) is 0.522. The topological polar surface area (TPSA) is 85.6 Å². The molecule has 0 bridgehead atoms. The maximum atomic E-state index is 12.6. The molecule has 0 atom stereocenters. The summed E-state index contributed by atoms with van der Waals surface area (Å²) < 4.78 is 10.8. The Hall–Kier alpha value is -2.63. The predicted octanol–water partition coefficient (Wildman–Crippen LogP) is 4.65. The van der Waals surface area contributed by atoms with Gasteiger partial charge in [0, 0.05) is 35.7 Å². The number of carbonyl (C=O) groups is 2. The molecule has 0 unspecified atom stereocenters. The molecule has 0 radical (unpaired) electrons. The lowest BCUT2D eigenvalue weighted by Gasteiger charge is -2.36. The van der Waals surface area contributed by atoms with Crippen LogP contribution in [0.4, 0.5) is 5.69 Å². The van der Waals surface area contributed by atoms with E-state index in [1.165, 1.54) is 13.0 Å². The Bertz CT molecular complexity index is 961. The molecule has 1 aromatic heterocycles. The molecule has 6 heteroatoms. The highest BCUT2D eigenvalue weighted by molar-refractivity contribution is 5.92. The molecule has 2 aromatic rings. The van der Waals surface area contributed by atoms with Gasteiger partial charge in [0.05, 0.1) is 5.92 Å². The van der Waals surface area contributed by atoms with E-state index in [-0.39, 0.29) is 29.8 Å². The molecular formula is C23H29NO5. The van der Waals surface area contributed by atoms with Gasteiger partial charge in [-0.3, -0.25) is 9.59 Å². The Morgan fingerprint density at radius 3 is 2.45 bits per heavy atom. The fourth-order valence-corrected chi connectivity index (χ4v) is 4.09. The summed E-state index contributed by atoms with van der Waals surface area (Å²) in [6.45, 7) is 8.18. The van der Waals surface area contributed by atoms with Crippen molar-refractivity contribution in [1.29, 1.82) is 0 Å². The van der Waals surface area contributed by atoms with Crippen LogP contribution in [-0.2, 0) is 20.9 Å². The molecule has 6 nitrogen and oxygen atoms in total. The molecule has 1 aliphatic carbocycles. The number of hydrogen-bond donors (Lipinski definition) is 1. The van der Waals surface area contributed by atoms with Crippen molar-refractivity contribution in [1.82, 2.24) is 0 Å². The largest absolute Gasteiger partial charge is 0.461 e. The monoisotopic (exact) mass is 399 g/mol. The summed E-state index contributed by atoms with van der Waals surface area (Å²) in [6.07, 6.45) is 3.76. The first-order chi connectivity index (χ1) is 13.6. The van der Waals surface area contributed by atoms with Gasteiger partial charge in [-0.25, -0.2) is 4.79 Å². The zero-order chi connectivity index (χ0) is 21.2. The van der Waals surface area contributed by atoms with Gasteiger partial charge in [0.2, 0.25) is 5.91 Å². The first-order valence-electron chi connectivity index (χ1n) is 10.1. The third kappa shape index (κ3) is 5.25. The summed E-state index contributed by atoms with van der Waals surface area (Å²) in [7, 11) is 0. The van der Waals surface area contributed by atoms with E-state index in [2.05, 4.69) is 26.1 Å². The Morgan fingerprint density at radius 1 is 1.14 bits per heavy atom. The number of ether oxygens (including phenoxy) is 1. The van der Waals surface area contributed by atoms with E-state index >= 15 is 0 Å². The van der Waals surface area contributed by atoms with E-state index in [1.807, 2.05) is 0 Å². The van der Waals surface area contributed by atoms with Crippen molar-refractivity contribution in [3.8, 4) is 0 Å². The molecule has 1 aliphatic rings. The number of carbonyl (C=O) groups excluding carboxylic acids is 2. The van der Waals surface area contributed by atoms with Gasteiger partial charge in [0.25, 0.3) is 0 Å². The predicted molar refractivity (Wildman–Crippen MR) is 111 cm³/mol. The number of amides is 1. The van der Waals surface area contributed by atoms with E-state index < -0.39 is 5.63 Å². The van der Waals surface area contributed by atoms with Crippen molar-refractivity contribution >= 4 is 28.5 Å². The summed E-state index contributed by atoms with van der Waals surface area (Å²) in [4.78, 5) is 35.7. The van der Waals surface area contributed by atoms with Crippen LogP contribution in [0.5, 0.6) is 0 Å². The first-order valence-corrected chi connectivity index (χ1v) is 10.1. The smallest absolute Gasteiger partial charge is 0.336 e. The van der Waals surface area contributed by atoms with E-state index in [0.717, 1.165) is 25.7 Å². The summed E-state index contributed by atoms with van der Waals surface area (Å²) >= 11 is 0. The van der Waals surface area contributed by atoms with Crippen molar-refractivity contribution in [2.75, 3.05) is 5.32 Å². The average Bonchev–Trinajstić information content (AvgIpc) is 2.64. The van der Waals surface area contributed by atoms with Gasteiger partial charge in [-0.15, -0.1) is 0 Å². The molecule has 29 heavy (non-hydrogen) atoms. The van der Waals surface area contributed by atoms with Gasteiger partial charge < -0.3 is 14.5 Å². The molecule has 0 spiro atoms. The molecule has 1 aromatic carbocycles. The van der Waals surface area contributed by atoms with Crippen LogP contribution >= 0.6 is 0 Å². The van der Waals surface area contributed by atoms with Gasteiger partial charge in [-0.05, 0) is 49.1 Å². The van der Waals surface area contributed by atoms with Gasteiger partial charge >= 0.3 is 11.6 Å².